The molecule has 2 atom stereocenters. The molecule has 0 bridgehead atoms. The van der Waals surface area contributed by atoms with Crippen LogP contribution in [0.4, 0.5) is 0 Å². The molecule has 1 aliphatic heterocycles. The van der Waals surface area contributed by atoms with E-state index in [1.165, 1.54) is 0 Å². The molecule has 1 aromatic carbocycles. The van der Waals surface area contributed by atoms with Gasteiger partial charge in [0.1, 0.15) is 12.4 Å². The second kappa shape index (κ2) is 7.45. The molecule has 1 aliphatic rings. The van der Waals surface area contributed by atoms with Crippen LogP contribution in [0.3, 0.4) is 0 Å². The number of benzene rings is 1. The number of hydrogen-bond donors (Lipinski definition) is 1. The first-order chi connectivity index (χ1) is 11.7. The van der Waals surface area contributed by atoms with E-state index in [4.69, 9.17) is 10.5 Å². The summed E-state index contributed by atoms with van der Waals surface area (Å²) in [6.45, 7) is 3.87. The van der Waals surface area contributed by atoms with E-state index in [1.807, 2.05) is 47.4 Å². The molecule has 24 heavy (non-hydrogen) atoms. The molecular weight excluding hydrogens is 302 g/mol. The van der Waals surface area contributed by atoms with Crippen molar-refractivity contribution >= 4 is 5.91 Å². The van der Waals surface area contributed by atoms with Gasteiger partial charge in [-0.3, -0.25) is 9.78 Å². The lowest BCUT2D eigenvalue weighted by Crippen LogP contribution is -2.34. The van der Waals surface area contributed by atoms with Crippen molar-refractivity contribution in [1.29, 1.82) is 0 Å². The molecule has 2 aromatic rings. The first-order valence-corrected chi connectivity index (χ1v) is 8.31. The number of rotatable bonds is 5. The van der Waals surface area contributed by atoms with E-state index in [-0.39, 0.29) is 11.9 Å². The standard InChI is InChI=1S/C19H23N3O2/c1-14-10-15(11-20)12-22(14)19(23)16-5-7-18(8-6-16)24-13-17-4-2-3-9-21-17/h2-9,14-15H,10-13,20H2,1H3. The monoisotopic (exact) mass is 325 g/mol. The minimum Gasteiger partial charge on any atom is -0.487 e. The van der Waals surface area contributed by atoms with Gasteiger partial charge >= 0.3 is 0 Å². The van der Waals surface area contributed by atoms with Crippen molar-refractivity contribution < 1.29 is 9.53 Å². The maximum absolute atomic E-state index is 12.6. The molecule has 5 nitrogen and oxygen atoms in total. The molecule has 2 heterocycles. The van der Waals surface area contributed by atoms with Crippen molar-refractivity contribution in [1.82, 2.24) is 9.88 Å². The topological polar surface area (TPSA) is 68.5 Å². The number of nitrogens with zero attached hydrogens (tertiary/aromatic N) is 2. The number of hydrogen-bond acceptors (Lipinski definition) is 4. The van der Waals surface area contributed by atoms with E-state index in [9.17, 15) is 4.79 Å². The summed E-state index contributed by atoms with van der Waals surface area (Å²) >= 11 is 0. The zero-order valence-electron chi connectivity index (χ0n) is 13.9. The highest BCUT2D eigenvalue weighted by molar-refractivity contribution is 5.94. The number of aromatic nitrogens is 1. The molecule has 5 heteroatoms. The number of pyridine rings is 1. The molecule has 0 radical (unpaired) electrons. The molecule has 1 fully saturated rings. The van der Waals surface area contributed by atoms with Crippen molar-refractivity contribution in [3.8, 4) is 5.75 Å². The van der Waals surface area contributed by atoms with Gasteiger partial charge in [-0.2, -0.15) is 0 Å². The Morgan fingerprint density at radius 2 is 2.08 bits per heavy atom. The van der Waals surface area contributed by atoms with Gasteiger partial charge in [-0.05, 0) is 62.2 Å². The first-order valence-electron chi connectivity index (χ1n) is 8.31. The minimum atomic E-state index is 0.0646. The Balaban J connectivity index is 1.61. The fraction of sp³-hybridized carbons (Fsp3) is 0.368. The van der Waals surface area contributed by atoms with Gasteiger partial charge < -0.3 is 15.4 Å². The number of nitrogens with two attached hydrogens (primary N) is 1. The van der Waals surface area contributed by atoms with Crippen molar-refractivity contribution in [2.24, 2.45) is 11.7 Å². The maximum atomic E-state index is 12.6. The fourth-order valence-corrected chi connectivity index (χ4v) is 3.10. The first kappa shape index (κ1) is 16.5. The lowest BCUT2D eigenvalue weighted by molar-refractivity contribution is 0.0743. The summed E-state index contributed by atoms with van der Waals surface area (Å²) in [6, 6.07) is 13.3. The van der Waals surface area contributed by atoms with Gasteiger partial charge in [-0.25, -0.2) is 0 Å². The van der Waals surface area contributed by atoms with Crippen LogP contribution in [0.1, 0.15) is 29.4 Å². The fourth-order valence-electron chi connectivity index (χ4n) is 3.10. The van der Waals surface area contributed by atoms with Crippen molar-refractivity contribution in [2.45, 2.75) is 26.0 Å². The molecule has 2 unspecified atom stereocenters. The Hall–Kier alpha value is -2.40. The Kier molecular flexibility index (Phi) is 5.11. The van der Waals surface area contributed by atoms with Crippen LogP contribution in [0.2, 0.25) is 0 Å². The minimum absolute atomic E-state index is 0.0646. The van der Waals surface area contributed by atoms with Gasteiger partial charge in [0.05, 0.1) is 5.69 Å². The third kappa shape index (κ3) is 3.74. The molecule has 1 saturated heterocycles. The zero-order valence-corrected chi connectivity index (χ0v) is 13.9. The maximum Gasteiger partial charge on any atom is 0.254 e. The van der Waals surface area contributed by atoms with Gasteiger partial charge in [0.2, 0.25) is 0 Å². The number of carbonyl (C=O) groups is 1. The van der Waals surface area contributed by atoms with Crippen LogP contribution in [0.5, 0.6) is 5.75 Å². The van der Waals surface area contributed by atoms with Gasteiger partial charge in [-0.1, -0.05) is 6.07 Å². The Labute approximate surface area is 142 Å². The van der Waals surface area contributed by atoms with E-state index in [2.05, 4.69) is 11.9 Å². The van der Waals surface area contributed by atoms with Crippen molar-refractivity contribution in [2.75, 3.05) is 13.1 Å². The summed E-state index contributed by atoms with van der Waals surface area (Å²) in [5.41, 5.74) is 7.30. The third-order valence-electron chi connectivity index (χ3n) is 4.47. The predicted octanol–water partition coefficient (Wildman–Crippen LogP) is 2.47. The van der Waals surface area contributed by atoms with Crippen LogP contribution in [-0.2, 0) is 6.61 Å². The summed E-state index contributed by atoms with van der Waals surface area (Å²) in [7, 11) is 0. The second-order valence-corrected chi connectivity index (χ2v) is 6.28. The lowest BCUT2D eigenvalue weighted by Gasteiger charge is -2.21. The highest BCUT2D eigenvalue weighted by Crippen LogP contribution is 2.24. The average Bonchev–Trinajstić information content (AvgIpc) is 3.01. The van der Waals surface area contributed by atoms with E-state index >= 15 is 0 Å². The second-order valence-electron chi connectivity index (χ2n) is 6.28. The van der Waals surface area contributed by atoms with E-state index in [0.717, 1.165) is 24.4 Å². The van der Waals surface area contributed by atoms with Crippen LogP contribution < -0.4 is 10.5 Å². The van der Waals surface area contributed by atoms with Gasteiger partial charge in [0.25, 0.3) is 5.91 Å². The van der Waals surface area contributed by atoms with Crippen molar-refractivity contribution in [3.63, 3.8) is 0 Å². The van der Waals surface area contributed by atoms with Crippen LogP contribution in [-0.4, -0.2) is 34.9 Å². The summed E-state index contributed by atoms with van der Waals surface area (Å²) in [4.78, 5) is 18.8. The van der Waals surface area contributed by atoms with Crippen LogP contribution in [0, 0.1) is 5.92 Å². The highest BCUT2D eigenvalue weighted by atomic mass is 16.5. The number of carbonyl (C=O) groups excluding carboxylic acids is 1. The normalized spacial score (nSPS) is 20.2. The Morgan fingerprint density at radius 3 is 2.71 bits per heavy atom. The van der Waals surface area contributed by atoms with Gasteiger partial charge in [0.15, 0.2) is 0 Å². The molecule has 2 N–H and O–H groups in total. The van der Waals surface area contributed by atoms with E-state index in [1.54, 1.807) is 6.20 Å². The lowest BCUT2D eigenvalue weighted by atomic mass is 10.1. The SMILES string of the molecule is CC1CC(CN)CN1C(=O)c1ccc(OCc2ccccn2)cc1. The Morgan fingerprint density at radius 1 is 1.29 bits per heavy atom. The molecule has 0 aliphatic carbocycles. The van der Waals surface area contributed by atoms with Crippen LogP contribution >= 0.6 is 0 Å². The van der Waals surface area contributed by atoms with E-state index in [0.29, 0.717) is 24.6 Å². The highest BCUT2D eigenvalue weighted by Gasteiger charge is 2.31. The van der Waals surface area contributed by atoms with Crippen LogP contribution in [0.15, 0.2) is 48.7 Å². The van der Waals surface area contributed by atoms with Gasteiger partial charge in [0, 0.05) is 24.3 Å². The summed E-state index contributed by atoms with van der Waals surface area (Å²) in [5, 5.41) is 0. The third-order valence-corrected chi connectivity index (χ3v) is 4.47. The zero-order chi connectivity index (χ0) is 16.9. The molecule has 1 amide bonds. The van der Waals surface area contributed by atoms with Crippen molar-refractivity contribution in [3.05, 3.63) is 59.9 Å². The molecule has 0 saturated carbocycles. The predicted molar refractivity (Wildman–Crippen MR) is 92.7 cm³/mol. The average molecular weight is 325 g/mol. The van der Waals surface area contributed by atoms with Crippen LogP contribution in [0.25, 0.3) is 0 Å². The molecule has 1 aromatic heterocycles. The van der Waals surface area contributed by atoms with E-state index < -0.39 is 0 Å². The summed E-state index contributed by atoms with van der Waals surface area (Å²) < 4.78 is 5.70. The molecular formula is C19H23N3O2. The number of ether oxygens (including phenoxy) is 1. The Bertz CT molecular complexity index is 673. The quantitative estimate of drug-likeness (QED) is 0.917. The number of likely N-dealkylation sites (tertiary alicyclic amines) is 1. The summed E-state index contributed by atoms with van der Waals surface area (Å²) in [5.74, 6) is 1.20. The summed E-state index contributed by atoms with van der Waals surface area (Å²) in [6.07, 6.45) is 2.72. The number of amides is 1. The molecule has 3 rings (SSSR count). The smallest absolute Gasteiger partial charge is 0.254 e. The largest absolute Gasteiger partial charge is 0.487 e. The van der Waals surface area contributed by atoms with Gasteiger partial charge in [-0.15, -0.1) is 0 Å². The molecule has 126 valence electrons. The molecule has 0 spiro atoms.